The van der Waals surface area contributed by atoms with Crippen molar-refractivity contribution < 1.29 is 37.0 Å². The number of halogens is 3. The average molecular weight is 562 g/mol. The first-order valence-corrected chi connectivity index (χ1v) is 13.0. The lowest BCUT2D eigenvalue weighted by molar-refractivity contribution is -0.139. The van der Waals surface area contributed by atoms with Gasteiger partial charge in [0.05, 0.1) is 41.8 Å². The molecule has 206 valence electrons. The van der Waals surface area contributed by atoms with Crippen LogP contribution in [0.1, 0.15) is 37.9 Å². The van der Waals surface area contributed by atoms with Crippen molar-refractivity contribution in [3.63, 3.8) is 0 Å². The molecule has 4 rings (SSSR count). The maximum absolute atomic E-state index is 13.3. The molecule has 0 bridgehead atoms. The van der Waals surface area contributed by atoms with E-state index in [0.717, 1.165) is 6.07 Å². The quantitative estimate of drug-likeness (QED) is 0.382. The van der Waals surface area contributed by atoms with Gasteiger partial charge in [0.25, 0.3) is 5.91 Å². The molecule has 0 aliphatic carbocycles. The van der Waals surface area contributed by atoms with Crippen LogP contribution in [-0.4, -0.2) is 41.8 Å². The lowest BCUT2D eigenvalue weighted by Gasteiger charge is -2.33. The summed E-state index contributed by atoms with van der Waals surface area (Å²) in [7, 11) is 0. The number of allylic oxidation sites excluding steroid dienone is 1. The van der Waals surface area contributed by atoms with Crippen molar-refractivity contribution in [3.8, 4) is 11.5 Å². The molecule has 2 aromatic carbocycles. The molecule has 0 saturated carbocycles. The highest BCUT2D eigenvalue weighted by Gasteiger charge is 2.38. The molecule has 1 N–H and O–H groups in total. The van der Waals surface area contributed by atoms with E-state index in [4.69, 9.17) is 14.2 Å². The van der Waals surface area contributed by atoms with Gasteiger partial charge in [-0.2, -0.15) is 13.2 Å². The Bertz CT molecular complexity index is 1360. The van der Waals surface area contributed by atoms with Crippen molar-refractivity contribution in [3.05, 3.63) is 76.5 Å². The second-order valence-electron chi connectivity index (χ2n) is 8.35. The van der Waals surface area contributed by atoms with Crippen molar-refractivity contribution in [2.45, 2.75) is 33.0 Å². The molecule has 12 heteroatoms. The van der Waals surface area contributed by atoms with E-state index in [1.807, 2.05) is 16.5 Å². The molecule has 0 fully saturated rings. The number of esters is 1. The van der Waals surface area contributed by atoms with Gasteiger partial charge in [0, 0.05) is 6.20 Å². The zero-order valence-electron chi connectivity index (χ0n) is 21.4. The lowest BCUT2D eigenvalue weighted by atomic mass is 9.94. The fourth-order valence-electron chi connectivity index (χ4n) is 4.15. The Morgan fingerprint density at radius 1 is 1.08 bits per heavy atom. The van der Waals surface area contributed by atoms with Crippen molar-refractivity contribution >= 4 is 34.5 Å². The summed E-state index contributed by atoms with van der Waals surface area (Å²) in [6.07, 6.45) is -2.79. The van der Waals surface area contributed by atoms with E-state index in [-0.39, 0.29) is 24.7 Å². The largest absolute Gasteiger partial charge is 0.490 e. The van der Waals surface area contributed by atoms with Crippen molar-refractivity contribution in [2.75, 3.05) is 25.1 Å². The highest BCUT2D eigenvalue weighted by atomic mass is 32.2. The summed E-state index contributed by atoms with van der Waals surface area (Å²) in [4.78, 5) is 31.8. The van der Waals surface area contributed by atoms with Gasteiger partial charge in [-0.3, -0.25) is 4.79 Å². The van der Waals surface area contributed by atoms with Crippen LogP contribution >= 0.6 is 11.8 Å². The van der Waals surface area contributed by atoms with Crippen LogP contribution in [0.3, 0.4) is 0 Å². The number of nitrogens with one attached hydrogen (secondary N) is 1. The summed E-state index contributed by atoms with van der Waals surface area (Å²) < 4.78 is 56.5. The topological polar surface area (TPSA) is 89.5 Å². The average Bonchev–Trinajstić information content (AvgIpc) is 3.35. The first-order valence-electron chi connectivity index (χ1n) is 12.1. The minimum atomic E-state index is -4.62. The highest BCUT2D eigenvalue weighted by Crippen LogP contribution is 2.43. The Labute approximate surface area is 227 Å². The Morgan fingerprint density at radius 2 is 1.85 bits per heavy atom. The number of hydrogen-bond acceptors (Lipinski definition) is 8. The number of benzene rings is 2. The number of fused-ring (bicyclic) bond motifs is 1. The predicted octanol–water partition coefficient (Wildman–Crippen LogP) is 5.89. The molecular formula is C27H26F3N3O5S. The van der Waals surface area contributed by atoms with Crippen LogP contribution in [0.5, 0.6) is 11.5 Å². The van der Waals surface area contributed by atoms with Crippen LogP contribution in [0.15, 0.2) is 70.3 Å². The molecule has 0 saturated heterocycles. The van der Waals surface area contributed by atoms with Gasteiger partial charge in [0.1, 0.15) is 0 Å². The van der Waals surface area contributed by atoms with E-state index in [1.54, 1.807) is 39.0 Å². The van der Waals surface area contributed by atoms with Crippen LogP contribution < -0.4 is 14.8 Å². The van der Waals surface area contributed by atoms with Crippen LogP contribution in [0.2, 0.25) is 0 Å². The Hall–Kier alpha value is -3.93. The molecule has 2 aromatic rings. The summed E-state index contributed by atoms with van der Waals surface area (Å²) in [6.45, 7) is 5.18. The van der Waals surface area contributed by atoms with E-state index in [9.17, 15) is 22.8 Å². The molecule has 8 nitrogen and oxygen atoms in total. The molecule has 2 heterocycles. The molecule has 0 radical (unpaired) electrons. The summed E-state index contributed by atoms with van der Waals surface area (Å²) in [5, 5.41) is 4.82. The smallest absolute Gasteiger partial charge is 0.418 e. The molecule has 0 spiro atoms. The number of amides is 1. The molecule has 1 amide bonds. The van der Waals surface area contributed by atoms with Gasteiger partial charge in [0.2, 0.25) is 0 Å². The van der Waals surface area contributed by atoms with Crippen LogP contribution in [0.4, 0.5) is 18.9 Å². The first-order chi connectivity index (χ1) is 18.6. The zero-order chi connectivity index (χ0) is 28.2. The highest BCUT2D eigenvalue weighted by molar-refractivity contribution is 8.16. The maximum atomic E-state index is 13.3. The standard InChI is InChI=1S/C27H26F3N3O5S/c1-4-36-21-14-17(24-23(25(35)37-5-2)16(3)31-26-33(24)12-13-39-26)10-11-20(21)38-15-22(34)32-19-9-7-6-8-18(19)27(28,29)30/h6-14,24H,4-5,15H2,1-3H3,(H,32,34)/t24-/m1/s1. The van der Waals surface area contributed by atoms with Crippen molar-refractivity contribution in [1.82, 2.24) is 4.90 Å². The van der Waals surface area contributed by atoms with Gasteiger partial charge in [0.15, 0.2) is 23.3 Å². The van der Waals surface area contributed by atoms with Crippen LogP contribution in [0, 0.1) is 0 Å². The number of anilines is 1. The van der Waals surface area contributed by atoms with E-state index >= 15 is 0 Å². The summed E-state index contributed by atoms with van der Waals surface area (Å²) in [6, 6.07) is 9.17. The number of ether oxygens (including phenoxy) is 3. The van der Waals surface area contributed by atoms with E-state index < -0.39 is 36.3 Å². The van der Waals surface area contributed by atoms with E-state index in [1.165, 1.54) is 30.0 Å². The second kappa shape index (κ2) is 11.9. The van der Waals surface area contributed by atoms with E-state index in [2.05, 4.69) is 10.3 Å². The van der Waals surface area contributed by atoms with Crippen molar-refractivity contribution in [1.29, 1.82) is 0 Å². The van der Waals surface area contributed by atoms with Gasteiger partial charge in [-0.25, -0.2) is 9.79 Å². The third-order valence-corrected chi connectivity index (χ3v) is 6.54. The third-order valence-electron chi connectivity index (χ3n) is 5.76. The summed E-state index contributed by atoms with van der Waals surface area (Å²) in [5.74, 6) is -0.732. The number of aliphatic imine (C=N–C) groups is 1. The first kappa shape index (κ1) is 28.1. The van der Waals surface area contributed by atoms with Gasteiger partial charge >= 0.3 is 12.1 Å². The summed E-state index contributed by atoms with van der Waals surface area (Å²) in [5.41, 5.74) is 0.291. The number of nitrogens with zero attached hydrogens (tertiary/aromatic N) is 2. The minimum Gasteiger partial charge on any atom is -0.490 e. The Kier molecular flexibility index (Phi) is 8.54. The molecule has 39 heavy (non-hydrogen) atoms. The molecule has 1 atom stereocenters. The molecule has 0 aromatic heterocycles. The van der Waals surface area contributed by atoms with Gasteiger partial charge in [-0.15, -0.1) is 0 Å². The maximum Gasteiger partial charge on any atom is 0.418 e. The third kappa shape index (κ3) is 6.22. The van der Waals surface area contributed by atoms with Crippen molar-refractivity contribution in [2.24, 2.45) is 4.99 Å². The number of thioether (sulfide) groups is 1. The number of para-hydroxylation sites is 1. The normalized spacial score (nSPS) is 16.5. The van der Waals surface area contributed by atoms with Gasteiger partial charge in [-0.05, 0) is 56.0 Å². The fourth-order valence-corrected chi connectivity index (χ4v) is 4.94. The monoisotopic (exact) mass is 561 g/mol. The molecule has 0 unspecified atom stereocenters. The number of carbonyl (C=O) groups is 2. The summed E-state index contributed by atoms with van der Waals surface area (Å²) >= 11 is 1.43. The second-order valence-corrected chi connectivity index (χ2v) is 9.22. The number of alkyl halides is 3. The fraction of sp³-hybridized carbons (Fsp3) is 0.296. The molecular weight excluding hydrogens is 535 g/mol. The lowest BCUT2D eigenvalue weighted by Crippen LogP contribution is -2.34. The molecule has 2 aliphatic rings. The van der Waals surface area contributed by atoms with Gasteiger partial charge < -0.3 is 24.4 Å². The Morgan fingerprint density at radius 3 is 2.56 bits per heavy atom. The van der Waals surface area contributed by atoms with Gasteiger partial charge in [-0.1, -0.05) is 30.0 Å². The van der Waals surface area contributed by atoms with Crippen LogP contribution in [0.25, 0.3) is 0 Å². The molecule has 2 aliphatic heterocycles. The number of hydrogen-bond donors (Lipinski definition) is 1. The number of carbonyl (C=O) groups excluding carboxylic acids is 2. The zero-order valence-corrected chi connectivity index (χ0v) is 22.2. The van der Waals surface area contributed by atoms with E-state index in [0.29, 0.717) is 27.8 Å². The Balaban J connectivity index is 1.57. The number of amidine groups is 1. The van der Waals surface area contributed by atoms with Crippen LogP contribution in [-0.2, 0) is 20.5 Å². The predicted molar refractivity (Wildman–Crippen MR) is 141 cm³/mol. The SMILES string of the molecule is CCOC(=O)C1=C(C)N=C2SC=CN2[C@@H]1c1ccc(OCC(=O)Nc2ccccc2C(F)(F)F)c(OCC)c1. The number of rotatable bonds is 9. The minimum absolute atomic E-state index is 0.204.